The largest absolute Gasteiger partial charge is 0.469 e. The van der Waals surface area contributed by atoms with Gasteiger partial charge in [0.1, 0.15) is 11.6 Å². The molecule has 2 aromatic rings. The Balaban J connectivity index is 2.13. The average molecular weight is 468 g/mol. The van der Waals surface area contributed by atoms with Crippen molar-refractivity contribution in [3.8, 4) is 0 Å². The number of carbonyl (C=O) groups excluding carboxylic acids is 3. The minimum absolute atomic E-state index is 0.232. The predicted octanol–water partition coefficient (Wildman–Crippen LogP) is 2.19. The lowest BCUT2D eigenvalue weighted by molar-refractivity contribution is -0.161. The number of nitrogens with one attached hydrogen (secondary N) is 2. The molecule has 0 radical (unpaired) electrons. The van der Waals surface area contributed by atoms with Crippen LogP contribution in [0.25, 0.3) is 10.9 Å². The number of methoxy groups -OCH3 is 1. The molecule has 0 fully saturated rings. The van der Waals surface area contributed by atoms with E-state index in [0.717, 1.165) is 21.1 Å². The summed E-state index contributed by atoms with van der Waals surface area (Å²) in [6.07, 6.45) is -0.115. The average Bonchev–Trinajstić information content (AvgIpc) is 2.94. The van der Waals surface area contributed by atoms with Gasteiger partial charge in [0.2, 0.25) is 5.91 Å². The van der Waals surface area contributed by atoms with E-state index in [1.54, 1.807) is 20.8 Å². The van der Waals surface area contributed by atoms with Crippen LogP contribution in [0.3, 0.4) is 0 Å². The molecule has 2 rings (SSSR count). The number of rotatable bonds is 7. The first kappa shape index (κ1) is 22.9. The van der Waals surface area contributed by atoms with Gasteiger partial charge in [-0.3, -0.25) is 9.59 Å². The van der Waals surface area contributed by atoms with Crippen molar-refractivity contribution in [3.05, 3.63) is 34.4 Å². The Labute approximate surface area is 177 Å². The van der Waals surface area contributed by atoms with E-state index in [0.29, 0.717) is 0 Å². The standard InChI is InChI=1S/C20H26BrN3O5/c1-20(2,3)29-19(27)15(10-16(25)28-4)24-18(26)13(22)9-12-11-7-5-6-8-14(11)23-17(12)21/h5-8,13,15,23H,9-10,22H2,1-4H3,(H,24,26)/t13-,15-/m1/s1. The number of H-pyrrole nitrogens is 1. The van der Waals surface area contributed by atoms with E-state index in [1.165, 1.54) is 7.11 Å². The minimum Gasteiger partial charge on any atom is -0.469 e. The van der Waals surface area contributed by atoms with Crippen molar-refractivity contribution in [2.24, 2.45) is 5.73 Å². The molecule has 1 aromatic carbocycles. The molecule has 0 aliphatic rings. The van der Waals surface area contributed by atoms with Gasteiger partial charge in [0.25, 0.3) is 0 Å². The zero-order valence-electron chi connectivity index (χ0n) is 16.9. The van der Waals surface area contributed by atoms with Gasteiger partial charge in [-0.25, -0.2) is 4.79 Å². The summed E-state index contributed by atoms with van der Waals surface area (Å²) in [5, 5.41) is 3.46. The van der Waals surface area contributed by atoms with Gasteiger partial charge in [0.05, 0.1) is 24.2 Å². The van der Waals surface area contributed by atoms with Crippen LogP contribution < -0.4 is 11.1 Å². The van der Waals surface area contributed by atoms with Crippen LogP contribution in [0, 0.1) is 0 Å². The maximum atomic E-state index is 12.6. The van der Waals surface area contributed by atoms with Crippen molar-refractivity contribution in [2.75, 3.05) is 7.11 Å². The Hall–Kier alpha value is -2.39. The summed E-state index contributed by atoms with van der Waals surface area (Å²) < 4.78 is 10.6. The summed E-state index contributed by atoms with van der Waals surface area (Å²) in [6.45, 7) is 5.09. The highest BCUT2D eigenvalue weighted by atomic mass is 79.9. The van der Waals surface area contributed by atoms with E-state index >= 15 is 0 Å². The quantitative estimate of drug-likeness (QED) is 0.536. The lowest BCUT2D eigenvalue weighted by atomic mass is 10.0. The molecule has 0 bridgehead atoms. The second-order valence-corrected chi connectivity index (χ2v) is 8.44. The van der Waals surface area contributed by atoms with Gasteiger partial charge in [0, 0.05) is 10.9 Å². The van der Waals surface area contributed by atoms with E-state index < -0.39 is 35.5 Å². The van der Waals surface area contributed by atoms with Crippen molar-refractivity contribution in [2.45, 2.75) is 51.3 Å². The lowest BCUT2D eigenvalue weighted by Gasteiger charge is -2.25. The molecule has 0 aliphatic carbocycles. The second-order valence-electron chi connectivity index (χ2n) is 7.65. The van der Waals surface area contributed by atoms with Crippen LogP contribution in [-0.4, -0.2) is 47.6 Å². The second kappa shape index (κ2) is 9.41. The first-order valence-corrected chi connectivity index (χ1v) is 9.92. The van der Waals surface area contributed by atoms with E-state index in [2.05, 4.69) is 31.0 Å². The van der Waals surface area contributed by atoms with Gasteiger partial charge < -0.3 is 25.5 Å². The summed E-state index contributed by atoms with van der Waals surface area (Å²) in [6, 6.07) is 5.52. The maximum Gasteiger partial charge on any atom is 0.329 e. The highest BCUT2D eigenvalue weighted by Gasteiger charge is 2.31. The van der Waals surface area contributed by atoms with Gasteiger partial charge in [-0.15, -0.1) is 0 Å². The number of benzene rings is 1. The molecule has 9 heteroatoms. The van der Waals surface area contributed by atoms with Crippen molar-refractivity contribution in [1.82, 2.24) is 10.3 Å². The first-order chi connectivity index (χ1) is 13.5. The summed E-state index contributed by atoms with van der Waals surface area (Å²) >= 11 is 3.46. The molecule has 0 aliphatic heterocycles. The third-order valence-electron chi connectivity index (χ3n) is 4.13. The third kappa shape index (κ3) is 6.30. The number of aromatic amines is 1. The van der Waals surface area contributed by atoms with E-state index in [1.807, 2.05) is 24.3 Å². The Bertz CT molecular complexity index is 903. The van der Waals surface area contributed by atoms with Crippen molar-refractivity contribution < 1.29 is 23.9 Å². The molecule has 8 nitrogen and oxygen atoms in total. The highest BCUT2D eigenvalue weighted by Crippen LogP contribution is 2.27. The van der Waals surface area contributed by atoms with Crippen LogP contribution in [0.1, 0.15) is 32.8 Å². The molecule has 0 saturated heterocycles. The van der Waals surface area contributed by atoms with Gasteiger partial charge >= 0.3 is 11.9 Å². The predicted molar refractivity (Wildman–Crippen MR) is 112 cm³/mol. The Morgan fingerprint density at radius 3 is 2.52 bits per heavy atom. The number of esters is 2. The molecule has 1 amide bonds. The monoisotopic (exact) mass is 467 g/mol. The van der Waals surface area contributed by atoms with Crippen LogP contribution in [0.2, 0.25) is 0 Å². The minimum atomic E-state index is -1.19. The molecule has 4 N–H and O–H groups in total. The first-order valence-electron chi connectivity index (χ1n) is 9.12. The van der Waals surface area contributed by atoms with Crippen LogP contribution in [0.4, 0.5) is 0 Å². The smallest absolute Gasteiger partial charge is 0.329 e. The van der Waals surface area contributed by atoms with Crippen molar-refractivity contribution in [3.63, 3.8) is 0 Å². The number of fused-ring (bicyclic) bond motifs is 1. The number of nitrogens with two attached hydrogens (primary N) is 1. The molecule has 0 saturated carbocycles. The third-order valence-corrected chi connectivity index (χ3v) is 4.81. The number of ether oxygens (including phenoxy) is 2. The SMILES string of the molecule is COC(=O)C[C@@H](NC(=O)[C@H](N)Cc1c(Br)[nH]c2ccccc12)C(=O)OC(C)(C)C. The number of carbonyl (C=O) groups is 3. The fraction of sp³-hybridized carbons (Fsp3) is 0.450. The van der Waals surface area contributed by atoms with Crippen LogP contribution >= 0.6 is 15.9 Å². The summed E-state index contributed by atoms with van der Waals surface area (Å²) in [4.78, 5) is 39.9. The van der Waals surface area contributed by atoms with E-state index in [4.69, 9.17) is 10.5 Å². The van der Waals surface area contributed by atoms with Gasteiger partial charge in [-0.2, -0.15) is 0 Å². The van der Waals surface area contributed by atoms with Crippen LogP contribution in [0.5, 0.6) is 0 Å². The molecule has 0 unspecified atom stereocenters. The number of halogens is 1. The summed E-state index contributed by atoms with van der Waals surface area (Å²) in [5.74, 6) is -1.94. The Morgan fingerprint density at radius 1 is 1.24 bits per heavy atom. The number of para-hydroxylation sites is 1. The van der Waals surface area contributed by atoms with Gasteiger partial charge in [-0.05, 0) is 54.8 Å². The number of hydrogen-bond acceptors (Lipinski definition) is 6. The van der Waals surface area contributed by atoms with Crippen molar-refractivity contribution >= 4 is 44.7 Å². The van der Waals surface area contributed by atoms with Gasteiger partial charge in [0.15, 0.2) is 0 Å². The fourth-order valence-electron chi connectivity index (χ4n) is 2.77. The fourth-order valence-corrected chi connectivity index (χ4v) is 3.36. The molecule has 0 spiro atoms. The zero-order chi connectivity index (χ0) is 21.8. The van der Waals surface area contributed by atoms with Crippen LogP contribution in [-0.2, 0) is 30.3 Å². The van der Waals surface area contributed by atoms with Gasteiger partial charge in [-0.1, -0.05) is 18.2 Å². The molecule has 158 valence electrons. The maximum absolute atomic E-state index is 12.6. The number of amides is 1. The Morgan fingerprint density at radius 2 is 1.90 bits per heavy atom. The lowest BCUT2D eigenvalue weighted by Crippen LogP contribution is -2.51. The highest BCUT2D eigenvalue weighted by molar-refractivity contribution is 9.10. The summed E-state index contributed by atoms with van der Waals surface area (Å²) in [7, 11) is 1.20. The number of aromatic nitrogens is 1. The topological polar surface area (TPSA) is 124 Å². The Kier molecular flexibility index (Phi) is 7.43. The molecular weight excluding hydrogens is 442 g/mol. The number of hydrogen-bond donors (Lipinski definition) is 3. The summed E-state index contributed by atoms with van der Waals surface area (Å²) in [5.41, 5.74) is 7.09. The molecule has 2 atom stereocenters. The van der Waals surface area contributed by atoms with E-state index in [9.17, 15) is 14.4 Å². The molecular formula is C20H26BrN3O5. The zero-order valence-corrected chi connectivity index (χ0v) is 18.5. The normalized spacial score (nSPS) is 13.6. The molecule has 1 heterocycles. The molecule has 1 aromatic heterocycles. The van der Waals surface area contributed by atoms with E-state index in [-0.39, 0.29) is 12.8 Å². The van der Waals surface area contributed by atoms with Crippen LogP contribution in [0.15, 0.2) is 28.9 Å². The molecule has 29 heavy (non-hydrogen) atoms. The van der Waals surface area contributed by atoms with Crippen molar-refractivity contribution in [1.29, 1.82) is 0 Å².